The summed E-state index contributed by atoms with van der Waals surface area (Å²) < 4.78 is 6.56. The number of carbonyl (C=O) groups excluding carboxylic acids is 1. The first-order chi connectivity index (χ1) is 16.8. The molecule has 35 heavy (non-hydrogen) atoms. The summed E-state index contributed by atoms with van der Waals surface area (Å²) in [5.74, 6) is 0.836. The highest BCUT2D eigenvalue weighted by Gasteiger charge is 2.80. The van der Waals surface area contributed by atoms with E-state index in [-0.39, 0.29) is 40.2 Å². The van der Waals surface area contributed by atoms with E-state index in [0.717, 1.165) is 50.8 Å². The Hall–Kier alpha value is -1.69. The summed E-state index contributed by atoms with van der Waals surface area (Å²) >= 11 is 0. The van der Waals surface area contributed by atoms with Gasteiger partial charge in [0.2, 0.25) is 0 Å². The second kappa shape index (κ2) is 7.20. The largest absolute Gasteiger partial charge is 0.458 e. The zero-order valence-electron chi connectivity index (χ0n) is 21.0. The molecule has 1 heterocycles. The van der Waals surface area contributed by atoms with Crippen LogP contribution in [0, 0.1) is 39.9 Å². The first-order valence-corrected chi connectivity index (χ1v) is 13.8. The topological polar surface area (TPSA) is 70.0 Å². The Morgan fingerprint density at radius 3 is 2.69 bits per heavy atom. The number of esters is 1. The van der Waals surface area contributed by atoms with Crippen molar-refractivity contribution in [1.82, 2.24) is 4.90 Å². The summed E-state index contributed by atoms with van der Waals surface area (Å²) in [6.45, 7) is 11.1. The van der Waals surface area contributed by atoms with Crippen molar-refractivity contribution in [2.75, 3.05) is 13.1 Å². The van der Waals surface area contributed by atoms with E-state index in [1.54, 1.807) is 0 Å². The Balaban J connectivity index is 1.40. The van der Waals surface area contributed by atoms with Gasteiger partial charge in [-0.15, -0.1) is 0 Å². The molecule has 188 valence electrons. The minimum absolute atomic E-state index is 0.00226. The third-order valence-corrected chi connectivity index (χ3v) is 12.0. The number of nitrogens with zero attached hydrogens (tertiary/aromatic N) is 1. The van der Waals surface area contributed by atoms with Gasteiger partial charge in [0.25, 0.3) is 0 Å². The first-order valence-electron chi connectivity index (χ1n) is 13.8. The van der Waals surface area contributed by atoms with Crippen LogP contribution in [0.15, 0.2) is 42.5 Å². The van der Waals surface area contributed by atoms with Crippen LogP contribution in [0.5, 0.6) is 0 Å². The smallest absolute Gasteiger partial charge is 0.338 e. The Bertz CT molecular complexity index is 1070. The molecule has 1 saturated heterocycles. The number of fused-ring (bicyclic) bond motifs is 1. The van der Waals surface area contributed by atoms with Crippen LogP contribution < -0.4 is 0 Å². The first kappa shape index (κ1) is 22.5. The van der Waals surface area contributed by atoms with E-state index in [1.807, 2.05) is 30.3 Å². The van der Waals surface area contributed by atoms with Crippen molar-refractivity contribution < 1.29 is 19.7 Å². The summed E-state index contributed by atoms with van der Waals surface area (Å²) in [7, 11) is 0. The molecule has 0 amide bonds. The van der Waals surface area contributed by atoms with Crippen molar-refractivity contribution in [3.63, 3.8) is 0 Å². The van der Waals surface area contributed by atoms with Gasteiger partial charge in [-0.1, -0.05) is 38.6 Å². The summed E-state index contributed by atoms with van der Waals surface area (Å²) in [4.78, 5) is 16.1. The molecular weight excluding hydrogens is 438 g/mol. The number of aliphatic hydroxyl groups excluding tert-OH is 2. The Labute approximate surface area is 208 Å². The molecule has 0 aromatic heterocycles. The van der Waals surface area contributed by atoms with Gasteiger partial charge in [-0.2, -0.15) is 0 Å². The third-order valence-electron chi connectivity index (χ3n) is 12.0. The van der Waals surface area contributed by atoms with Crippen molar-refractivity contribution in [3.8, 4) is 0 Å². The van der Waals surface area contributed by atoms with Crippen LogP contribution in [-0.2, 0) is 4.74 Å². The van der Waals surface area contributed by atoms with Crippen LogP contribution in [0.1, 0.15) is 62.7 Å². The molecule has 5 aliphatic carbocycles. The molecule has 2 spiro atoms. The Morgan fingerprint density at radius 1 is 1.17 bits per heavy atom. The fraction of sp³-hybridized carbons (Fsp3) is 0.700. The van der Waals surface area contributed by atoms with E-state index in [0.29, 0.717) is 29.9 Å². The van der Waals surface area contributed by atoms with E-state index >= 15 is 0 Å². The highest BCUT2D eigenvalue weighted by atomic mass is 16.5. The molecule has 5 nitrogen and oxygen atoms in total. The molecule has 5 saturated carbocycles. The highest BCUT2D eigenvalue weighted by Crippen LogP contribution is 2.79. The zero-order valence-corrected chi connectivity index (χ0v) is 21.0. The number of ether oxygens (including phenoxy) is 1. The number of benzene rings is 1. The van der Waals surface area contributed by atoms with Gasteiger partial charge >= 0.3 is 5.97 Å². The second-order valence-corrected chi connectivity index (χ2v) is 13.1. The van der Waals surface area contributed by atoms with Crippen LogP contribution in [0.2, 0.25) is 0 Å². The molecule has 7 rings (SSSR count). The molecule has 7 bridgehead atoms. The summed E-state index contributed by atoms with van der Waals surface area (Å²) in [5.41, 5.74) is 1.14. The highest BCUT2D eigenvalue weighted by molar-refractivity contribution is 5.89. The second-order valence-electron chi connectivity index (χ2n) is 13.1. The van der Waals surface area contributed by atoms with Crippen LogP contribution in [-0.4, -0.2) is 58.5 Å². The van der Waals surface area contributed by atoms with Gasteiger partial charge in [-0.3, -0.25) is 4.90 Å². The standard InChI is InChI=1S/C30H39NO4/c1-4-31-16-28(3)11-10-24(35-27(34)18-8-6-5-7-9-18)30-22(28)12-19(25(30)31)14-29-15-20(17(2)26(29)33)21(32)13-23(29)30/h5-9,19-26,32-33H,2,4,10-16H2,1,3H3/t19?,20-,21?,22?,23?,24?,25?,26+,28-,29?,30?/m0/s1. The van der Waals surface area contributed by atoms with Crippen molar-refractivity contribution in [1.29, 1.82) is 0 Å². The lowest BCUT2D eigenvalue weighted by molar-refractivity contribution is -0.257. The Morgan fingerprint density at radius 2 is 1.94 bits per heavy atom. The van der Waals surface area contributed by atoms with E-state index in [4.69, 9.17) is 4.74 Å². The molecule has 0 radical (unpaired) electrons. The number of aliphatic hydroxyl groups is 2. The molecule has 2 N–H and O–H groups in total. The average molecular weight is 478 g/mol. The van der Waals surface area contributed by atoms with Crippen molar-refractivity contribution >= 4 is 5.97 Å². The fourth-order valence-electron chi connectivity index (χ4n) is 11.0. The molecule has 1 aliphatic heterocycles. The van der Waals surface area contributed by atoms with Gasteiger partial charge in [-0.05, 0) is 85.9 Å². The number of piperidine rings is 1. The maximum atomic E-state index is 13.4. The van der Waals surface area contributed by atoms with Crippen molar-refractivity contribution in [2.45, 2.75) is 76.7 Å². The quantitative estimate of drug-likeness (QED) is 0.508. The predicted octanol–water partition coefficient (Wildman–Crippen LogP) is 4.05. The normalized spacial score (nSPS) is 51.7. The van der Waals surface area contributed by atoms with E-state index in [1.165, 1.54) is 0 Å². The molecule has 11 atom stereocenters. The van der Waals surface area contributed by atoms with Gasteiger partial charge in [-0.25, -0.2) is 4.79 Å². The molecule has 1 aromatic carbocycles. The van der Waals surface area contributed by atoms with Crippen molar-refractivity contribution in [3.05, 3.63) is 48.0 Å². The number of rotatable bonds is 3. The summed E-state index contributed by atoms with van der Waals surface area (Å²) in [6, 6.07) is 9.72. The molecule has 8 unspecified atom stereocenters. The van der Waals surface area contributed by atoms with Crippen molar-refractivity contribution in [2.24, 2.45) is 39.9 Å². The van der Waals surface area contributed by atoms with E-state index in [9.17, 15) is 15.0 Å². The number of likely N-dealkylation sites (tertiary alicyclic amines) is 1. The minimum Gasteiger partial charge on any atom is -0.458 e. The Kier molecular flexibility index (Phi) is 4.63. The molecule has 6 aliphatic rings. The monoisotopic (exact) mass is 477 g/mol. The lowest BCUT2D eigenvalue weighted by atomic mass is 9.40. The summed E-state index contributed by atoms with van der Waals surface area (Å²) in [5, 5.41) is 23.0. The minimum atomic E-state index is -0.568. The van der Waals surface area contributed by atoms with Gasteiger partial charge in [0, 0.05) is 29.3 Å². The zero-order chi connectivity index (χ0) is 24.3. The van der Waals surface area contributed by atoms with E-state index < -0.39 is 12.2 Å². The lowest BCUT2D eigenvalue weighted by Gasteiger charge is -2.70. The summed E-state index contributed by atoms with van der Waals surface area (Å²) in [6.07, 6.45) is 4.38. The average Bonchev–Trinajstić information content (AvgIpc) is 3.18. The molecule has 1 aromatic rings. The maximum Gasteiger partial charge on any atom is 0.338 e. The maximum absolute atomic E-state index is 13.4. The van der Waals surface area contributed by atoms with Crippen LogP contribution in [0.25, 0.3) is 0 Å². The van der Waals surface area contributed by atoms with Gasteiger partial charge < -0.3 is 14.9 Å². The number of carbonyl (C=O) groups is 1. The molecular formula is C30H39NO4. The van der Waals surface area contributed by atoms with Gasteiger partial charge in [0.15, 0.2) is 0 Å². The SMILES string of the molecule is C=C1[C@@H](O)C23CC4CC5C6(C(OC(=O)c7ccccc7)CC[C@@]5(C)CN(CC)C46)C2CC(O)[C@H]1C3. The number of hydrogen-bond donors (Lipinski definition) is 2. The van der Waals surface area contributed by atoms with Crippen LogP contribution in [0.4, 0.5) is 0 Å². The molecule has 6 fully saturated rings. The predicted molar refractivity (Wildman–Crippen MR) is 132 cm³/mol. The van der Waals surface area contributed by atoms with Crippen LogP contribution in [0.3, 0.4) is 0 Å². The van der Waals surface area contributed by atoms with Crippen LogP contribution >= 0.6 is 0 Å². The fourth-order valence-corrected chi connectivity index (χ4v) is 11.0. The third kappa shape index (κ3) is 2.58. The molecule has 5 heteroatoms. The van der Waals surface area contributed by atoms with Gasteiger partial charge in [0.05, 0.1) is 17.8 Å². The number of hydrogen-bond acceptors (Lipinski definition) is 5. The van der Waals surface area contributed by atoms with Gasteiger partial charge in [0.1, 0.15) is 6.10 Å². The lowest BCUT2D eigenvalue weighted by Crippen LogP contribution is -2.74. The van der Waals surface area contributed by atoms with E-state index in [2.05, 4.69) is 25.3 Å².